The number of rotatable bonds is 10. The lowest BCUT2D eigenvalue weighted by Gasteiger charge is -2.11. The van der Waals surface area contributed by atoms with Gasteiger partial charge in [-0.15, -0.1) is 0 Å². The van der Waals surface area contributed by atoms with Crippen LogP contribution in [0.1, 0.15) is 27.7 Å². The molecule has 0 heterocycles. The van der Waals surface area contributed by atoms with Gasteiger partial charge in [0.15, 0.2) is 12.6 Å². The summed E-state index contributed by atoms with van der Waals surface area (Å²) in [7, 11) is 0. The summed E-state index contributed by atoms with van der Waals surface area (Å²) in [6.07, 6.45) is 3.51. The van der Waals surface area contributed by atoms with Gasteiger partial charge in [0.25, 0.3) is 0 Å². The van der Waals surface area contributed by atoms with Crippen LogP contribution in [-0.2, 0) is 18.9 Å². The zero-order valence-electron chi connectivity index (χ0n) is 10.8. The third-order valence-electron chi connectivity index (χ3n) is 1.82. The van der Waals surface area contributed by atoms with Crippen molar-refractivity contribution in [3.8, 4) is 0 Å². The fourth-order valence-electron chi connectivity index (χ4n) is 1.08. The molecule has 4 nitrogen and oxygen atoms in total. The van der Waals surface area contributed by atoms with Crippen LogP contribution >= 0.6 is 0 Å². The van der Waals surface area contributed by atoms with Gasteiger partial charge >= 0.3 is 0 Å². The number of hydrogen-bond acceptors (Lipinski definition) is 4. The highest BCUT2D eigenvalue weighted by molar-refractivity contribution is 4.81. The van der Waals surface area contributed by atoms with Crippen LogP contribution in [0.5, 0.6) is 0 Å². The van der Waals surface area contributed by atoms with Gasteiger partial charge in [0.1, 0.15) is 0 Å². The summed E-state index contributed by atoms with van der Waals surface area (Å²) < 4.78 is 21.1. The third kappa shape index (κ3) is 10.1. The van der Waals surface area contributed by atoms with Crippen LogP contribution in [0.2, 0.25) is 0 Å². The first-order valence-corrected chi connectivity index (χ1v) is 5.82. The average molecular weight is 232 g/mol. The summed E-state index contributed by atoms with van der Waals surface area (Å²) in [6, 6.07) is 0. The molecular weight excluding hydrogens is 208 g/mol. The van der Waals surface area contributed by atoms with E-state index in [1.54, 1.807) is 0 Å². The minimum absolute atomic E-state index is 0.155. The Morgan fingerprint density at radius 2 is 1.12 bits per heavy atom. The van der Waals surface area contributed by atoms with Crippen LogP contribution in [0.3, 0.4) is 0 Å². The molecule has 0 aromatic heterocycles. The van der Waals surface area contributed by atoms with E-state index in [0.717, 1.165) is 0 Å². The van der Waals surface area contributed by atoms with E-state index in [0.29, 0.717) is 26.4 Å². The van der Waals surface area contributed by atoms with Crippen LogP contribution in [0.15, 0.2) is 12.2 Å². The first-order valence-electron chi connectivity index (χ1n) is 5.82. The molecule has 0 N–H and O–H groups in total. The van der Waals surface area contributed by atoms with Crippen LogP contribution in [0, 0.1) is 0 Å². The molecule has 0 aromatic rings. The highest BCUT2D eigenvalue weighted by Gasteiger charge is 1.98. The standard InChI is InChI=1S/C12H24O4/c1-5-13-11(3)15-9-7-8-10-16-12(4)14-6-2/h7-8,11-12H,5-6,9-10H2,1-4H3. The van der Waals surface area contributed by atoms with Crippen LogP contribution in [0.4, 0.5) is 0 Å². The Morgan fingerprint density at radius 3 is 1.44 bits per heavy atom. The molecule has 16 heavy (non-hydrogen) atoms. The summed E-state index contributed by atoms with van der Waals surface area (Å²) in [5.41, 5.74) is 0. The Morgan fingerprint density at radius 1 is 0.750 bits per heavy atom. The van der Waals surface area contributed by atoms with Crippen molar-refractivity contribution in [3.63, 3.8) is 0 Å². The Balaban J connectivity index is 3.34. The molecule has 0 bridgehead atoms. The smallest absolute Gasteiger partial charge is 0.155 e. The molecule has 0 aliphatic heterocycles. The first kappa shape index (κ1) is 15.6. The normalized spacial score (nSPS) is 15.5. The molecule has 0 amide bonds. The molecule has 0 rings (SSSR count). The molecule has 2 atom stereocenters. The number of ether oxygens (including phenoxy) is 4. The second kappa shape index (κ2) is 11.1. The van der Waals surface area contributed by atoms with Crippen molar-refractivity contribution < 1.29 is 18.9 Å². The maximum atomic E-state index is 5.34. The zero-order valence-corrected chi connectivity index (χ0v) is 10.8. The summed E-state index contributed by atoms with van der Waals surface area (Å²) in [6.45, 7) is 10.0. The molecular formula is C12H24O4. The molecule has 0 saturated carbocycles. The predicted octanol–water partition coefficient (Wildman–Crippen LogP) is 2.34. The molecule has 2 unspecified atom stereocenters. The van der Waals surface area contributed by atoms with E-state index in [-0.39, 0.29) is 12.6 Å². The van der Waals surface area contributed by atoms with Crippen LogP contribution in [0.25, 0.3) is 0 Å². The molecule has 4 heteroatoms. The van der Waals surface area contributed by atoms with E-state index in [1.165, 1.54) is 0 Å². The van der Waals surface area contributed by atoms with Crippen molar-refractivity contribution in [2.24, 2.45) is 0 Å². The van der Waals surface area contributed by atoms with E-state index in [1.807, 2.05) is 39.8 Å². The molecule has 0 aliphatic rings. The molecule has 96 valence electrons. The van der Waals surface area contributed by atoms with Crippen molar-refractivity contribution in [1.82, 2.24) is 0 Å². The predicted molar refractivity (Wildman–Crippen MR) is 63.2 cm³/mol. The fraction of sp³-hybridized carbons (Fsp3) is 0.833. The highest BCUT2D eigenvalue weighted by atomic mass is 16.7. The van der Waals surface area contributed by atoms with E-state index in [2.05, 4.69) is 0 Å². The van der Waals surface area contributed by atoms with Crippen molar-refractivity contribution >= 4 is 0 Å². The van der Waals surface area contributed by atoms with Crippen molar-refractivity contribution in [2.75, 3.05) is 26.4 Å². The van der Waals surface area contributed by atoms with E-state index < -0.39 is 0 Å². The second-order valence-corrected chi connectivity index (χ2v) is 3.18. The van der Waals surface area contributed by atoms with Gasteiger partial charge in [0.2, 0.25) is 0 Å². The Hall–Kier alpha value is -0.420. The lowest BCUT2D eigenvalue weighted by molar-refractivity contribution is -0.121. The van der Waals surface area contributed by atoms with Gasteiger partial charge in [-0.2, -0.15) is 0 Å². The maximum absolute atomic E-state index is 5.34. The molecule has 0 fully saturated rings. The van der Waals surface area contributed by atoms with Gasteiger partial charge in [0.05, 0.1) is 13.2 Å². The van der Waals surface area contributed by atoms with Crippen molar-refractivity contribution in [1.29, 1.82) is 0 Å². The summed E-state index contributed by atoms with van der Waals surface area (Å²) in [5, 5.41) is 0. The van der Waals surface area contributed by atoms with Gasteiger partial charge in [-0.1, -0.05) is 12.2 Å². The lowest BCUT2D eigenvalue weighted by atomic mass is 10.5. The molecule has 0 aromatic carbocycles. The first-order chi connectivity index (χ1) is 7.70. The largest absolute Gasteiger partial charge is 0.353 e. The monoisotopic (exact) mass is 232 g/mol. The zero-order chi connectivity index (χ0) is 12.2. The Kier molecular flexibility index (Phi) is 10.8. The average Bonchev–Trinajstić information content (AvgIpc) is 2.24. The van der Waals surface area contributed by atoms with Crippen molar-refractivity contribution in [3.05, 3.63) is 12.2 Å². The van der Waals surface area contributed by atoms with Gasteiger partial charge in [0, 0.05) is 13.2 Å². The van der Waals surface area contributed by atoms with E-state index >= 15 is 0 Å². The molecule has 0 radical (unpaired) electrons. The quantitative estimate of drug-likeness (QED) is 0.428. The number of hydrogen-bond donors (Lipinski definition) is 0. The topological polar surface area (TPSA) is 36.9 Å². The van der Waals surface area contributed by atoms with E-state index in [4.69, 9.17) is 18.9 Å². The fourth-order valence-corrected chi connectivity index (χ4v) is 1.08. The molecule has 0 spiro atoms. The van der Waals surface area contributed by atoms with Crippen LogP contribution in [-0.4, -0.2) is 39.0 Å². The minimum atomic E-state index is -0.155. The summed E-state index contributed by atoms with van der Waals surface area (Å²) >= 11 is 0. The second-order valence-electron chi connectivity index (χ2n) is 3.18. The maximum Gasteiger partial charge on any atom is 0.155 e. The van der Waals surface area contributed by atoms with Crippen LogP contribution < -0.4 is 0 Å². The van der Waals surface area contributed by atoms with Crippen molar-refractivity contribution in [2.45, 2.75) is 40.3 Å². The van der Waals surface area contributed by atoms with Gasteiger partial charge < -0.3 is 18.9 Å². The molecule has 0 aliphatic carbocycles. The van der Waals surface area contributed by atoms with Gasteiger partial charge in [-0.3, -0.25) is 0 Å². The van der Waals surface area contributed by atoms with E-state index in [9.17, 15) is 0 Å². The minimum Gasteiger partial charge on any atom is -0.353 e. The van der Waals surface area contributed by atoms with Gasteiger partial charge in [-0.05, 0) is 27.7 Å². The van der Waals surface area contributed by atoms with Gasteiger partial charge in [-0.25, -0.2) is 0 Å². The SMILES string of the molecule is CCOC(C)OCC=CCOC(C)OCC. The Bertz CT molecular complexity index is 152. The lowest BCUT2D eigenvalue weighted by Crippen LogP contribution is -2.13. The molecule has 0 saturated heterocycles. The summed E-state index contributed by atoms with van der Waals surface area (Å²) in [5.74, 6) is 0. The highest BCUT2D eigenvalue weighted by Crippen LogP contribution is 1.95. The Labute approximate surface area is 98.5 Å². The third-order valence-corrected chi connectivity index (χ3v) is 1.82. The summed E-state index contributed by atoms with van der Waals surface area (Å²) in [4.78, 5) is 0.